The summed E-state index contributed by atoms with van der Waals surface area (Å²) in [5, 5.41) is 3.98. The highest BCUT2D eigenvalue weighted by molar-refractivity contribution is 5.86. The lowest BCUT2D eigenvalue weighted by atomic mass is 10.0. The van der Waals surface area contributed by atoms with Crippen LogP contribution in [-0.2, 0) is 11.2 Å². The molecule has 3 nitrogen and oxygen atoms in total. The van der Waals surface area contributed by atoms with Gasteiger partial charge >= 0.3 is 0 Å². The average Bonchev–Trinajstić information content (AvgIpc) is 3.43. The predicted octanol–water partition coefficient (Wildman–Crippen LogP) is 4.70. The van der Waals surface area contributed by atoms with Crippen molar-refractivity contribution in [2.24, 2.45) is 0 Å². The standard InChI is InChI=1S/C22H20F2N2O/c1-13-8-21(15-10-16(23)12-17(24)11-15)26-20-6-2-14(9-19(13)20)3-7-22(27)25-18-4-5-18/h2,6,8-12,18H,3-5,7H2,1H3,(H,25,27). The lowest BCUT2D eigenvalue weighted by molar-refractivity contribution is -0.121. The first-order valence-electron chi connectivity index (χ1n) is 9.14. The Morgan fingerprint density at radius 3 is 2.56 bits per heavy atom. The van der Waals surface area contributed by atoms with E-state index in [-0.39, 0.29) is 5.91 Å². The first kappa shape index (κ1) is 17.6. The number of pyridine rings is 1. The number of amides is 1. The summed E-state index contributed by atoms with van der Waals surface area (Å²) >= 11 is 0. The molecule has 138 valence electrons. The number of nitrogens with zero attached hydrogens (tertiary/aromatic N) is 1. The van der Waals surface area contributed by atoms with E-state index in [4.69, 9.17) is 0 Å². The molecule has 0 radical (unpaired) electrons. The zero-order chi connectivity index (χ0) is 19.0. The minimum Gasteiger partial charge on any atom is -0.353 e. The SMILES string of the molecule is Cc1cc(-c2cc(F)cc(F)c2)nc2ccc(CCC(=O)NC3CC3)cc12. The van der Waals surface area contributed by atoms with E-state index in [1.807, 2.05) is 31.2 Å². The van der Waals surface area contributed by atoms with Crippen LogP contribution >= 0.6 is 0 Å². The van der Waals surface area contributed by atoms with Gasteiger partial charge in [0.2, 0.25) is 5.91 Å². The number of benzene rings is 2. The third kappa shape index (κ3) is 4.13. The molecule has 0 saturated heterocycles. The molecule has 1 heterocycles. The maximum absolute atomic E-state index is 13.5. The molecule has 1 saturated carbocycles. The molecule has 2 aromatic carbocycles. The van der Waals surface area contributed by atoms with Crippen LogP contribution in [0.25, 0.3) is 22.2 Å². The molecular formula is C22H20F2N2O. The van der Waals surface area contributed by atoms with Crippen molar-refractivity contribution in [1.82, 2.24) is 10.3 Å². The summed E-state index contributed by atoms with van der Waals surface area (Å²) in [5.41, 5.74) is 3.76. The number of nitrogens with one attached hydrogen (secondary N) is 1. The van der Waals surface area contributed by atoms with Crippen LogP contribution in [0.3, 0.4) is 0 Å². The second-order valence-electron chi connectivity index (χ2n) is 7.18. The number of aryl methyl sites for hydroxylation is 2. The van der Waals surface area contributed by atoms with Crippen LogP contribution in [-0.4, -0.2) is 16.9 Å². The molecule has 0 atom stereocenters. The fourth-order valence-corrected chi connectivity index (χ4v) is 3.23. The summed E-state index contributed by atoms with van der Waals surface area (Å²) in [4.78, 5) is 16.4. The maximum Gasteiger partial charge on any atom is 0.220 e. The third-order valence-corrected chi connectivity index (χ3v) is 4.82. The number of halogens is 2. The third-order valence-electron chi connectivity index (χ3n) is 4.82. The van der Waals surface area contributed by atoms with Gasteiger partial charge in [-0.2, -0.15) is 0 Å². The Balaban J connectivity index is 1.59. The van der Waals surface area contributed by atoms with Crippen LogP contribution in [0, 0.1) is 18.6 Å². The number of carbonyl (C=O) groups is 1. The topological polar surface area (TPSA) is 42.0 Å². The molecule has 0 bridgehead atoms. The number of hydrogen-bond donors (Lipinski definition) is 1. The molecule has 3 aromatic rings. The van der Waals surface area contributed by atoms with Gasteiger partial charge in [-0.05, 0) is 67.6 Å². The number of carbonyl (C=O) groups excluding carboxylic acids is 1. The van der Waals surface area contributed by atoms with E-state index in [0.29, 0.717) is 30.1 Å². The van der Waals surface area contributed by atoms with Crippen LogP contribution in [0.15, 0.2) is 42.5 Å². The lowest BCUT2D eigenvalue weighted by Crippen LogP contribution is -2.25. The van der Waals surface area contributed by atoms with Crippen LogP contribution in [0.2, 0.25) is 0 Å². The fraction of sp³-hybridized carbons (Fsp3) is 0.273. The van der Waals surface area contributed by atoms with Crippen molar-refractivity contribution in [2.75, 3.05) is 0 Å². The van der Waals surface area contributed by atoms with E-state index in [1.165, 1.54) is 12.1 Å². The molecule has 1 N–H and O–H groups in total. The highest BCUT2D eigenvalue weighted by Crippen LogP contribution is 2.27. The van der Waals surface area contributed by atoms with Crippen molar-refractivity contribution in [1.29, 1.82) is 0 Å². The summed E-state index contributed by atoms with van der Waals surface area (Å²) in [6.07, 6.45) is 3.31. The Labute approximate surface area is 156 Å². The molecule has 0 aliphatic heterocycles. The highest BCUT2D eigenvalue weighted by atomic mass is 19.1. The minimum absolute atomic E-state index is 0.0934. The second kappa shape index (κ2) is 7.06. The van der Waals surface area contributed by atoms with E-state index in [9.17, 15) is 13.6 Å². The molecule has 27 heavy (non-hydrogen) atoms. The summed E-state index contributed by atoms with van der Waals surface area (Å²) in [7, 11) is 0. The second-order valence-corrected chi connectivity index (χ2v) is 7.18. The van der Waals surface area contributed by atoms with Crippen molar-refractivity contribution in [3.63, 3.8) is 0 Å². The average molecular weight is 366 g/mol. The molecule has 1 fully saturated rings. The van der Waals surface area contributed by atoms with E-state index in [0.717, 1.165) is 40.9 Å². The Kier molecular flexibility index (Phi) is 4.60. The molecule has 0 spiro atoms. The van der Waals surface area contributed by atoms with E-state index in [2.05, 4.69) is 10.3 Å². The van der Waals surface area contributed by atoms with Crippen molar-refractivity contribution in [2.45, 2.75) is 38.6 Å². The first-order valence-corrected chi connectivity index (χ1v) is 9.14. The highest BCUT2D eigenvalue weighted by Gasteiger charge is 2.22. The molecule has 1 amide bonds. The van der Waals surface area contributed by atoms with Gasteiger partial charge in [-0.1, -0.05) is 6.07 Å². The van der Waals surface area contributed by atoms with E-state index >= 15 is 0 Å². The molecule has 1 aliphatic rings. The van der Waals surface area contributed by atoms with Crippen molar-refractivity contribution in [3.05, 3.63) is 65.2 Å². The predicted molar refractivity (Wildman–Crippen MR) is 101 cm³/mol. The first-order chi connectivity index (χ1) is 13.0. The van der Waals surface area contributed by atoms with Gasteiger partial charge in [0.1, 0.15) is 11.6 Å². The van der Waals surface area contributed by atoms with Gasteiger partial charge in [0, 0.05) is 29.5 Å². The molecule has 1 aromatic heterocycles. The number of aromatic nitrogens is 1. The zero-order valence-corrected chi connectivity index (χ0v) is 15.1. The molecule has 1 aliphatic carbocycles. The number of fused-ring (bicyclic) bond motifs is 1. The van der Waals surface area contributed by atoms with Crippen molar-refractivity contribution in [3.8, 4) is 11.3 Å². The van der Waals surface area contributed by atoms with Crippen LogP contribution < -0.4 is 5.32 Å². The smallest absolute Gasteiger partial charge is 0.220 e. The van der Waals surface area contributed by atoms with Crippen LogP contribution in [0.4, 0.5) is 8.78 Å². The quantitative estimate of drug-likeness (QED) is 0.711. The molecular weight excluding hydrogens is 346 g/mol. The van der Waals surface area contributed by atoms with Gasteiger partial charge in [0.05, 0.1) is 11.2 Å². The Morgan fingerprint density at radius 1 is 1.11 bits per heavy atom. The van der Waals surface area contributed by atoms with E-state index < -0.39 is 11.6 Å². The van der Waals surface area contributed by atoms with E-state index in [1.54, 1.807) is 0 Å². The summed E-state index contributed by atoms with van der Waals surface area (Å²) in [5.74, 6) is -1.15. The summed E-state index contributed by atoms with van der Waals surface area (Å²) in [6, 6.07) is 11.5. The fourth-order valence-electron chi connectivity index (χ4n) is 3.23. The van der Waals surface area contributed by atoms with Gasteiger partial charge in [-0.15, -0.1) is 0 Å². The van der Waals surface area contributed by atoms with Crippen LogP contribution in [0.1, 0.15) is 30.4 Å². The van der Waals surface area contributed by atoms with Crippen molar-refractivity contribution >= 4 is 16.8 Å². The zero-order valence-electron chi connectivity index (χ0n) is 15.1. The maximum atomic E-state index is 13.5. The largest absolute Gasteiger partial charge is 0.353 e. The Hall–Kier alpha value is -2.82. The van der Waals surface area contributed by atoms with Gasteiger partial charge in [-0.3, -0.25) is 4.79 Å². The summed E-state index contributed by atoms with van der Waals surface area (Å²) in [6.45, 7) is 1.95. The monoisotopic (exact) mass is 366 g/mol. The van der Waals surface area contributed by atoms with Crippen LogP contribution in [0.5, 0.6) is 0 Å². The Morgan fingerprint density at radius 2 is 1.85 bits per heavy atom. The van der Waals surface area contributed by atoms with Gasteiger partial charge < -0.3 is 5.32 Å². The van der Waals surface area contributed by atoms with Crippen molar-refractivity contribution < 1.29 is 13.6 Å². The molecule has 5 heteroatoms. The Bertz CT molecular complexity index is 1010. The van der Waals surface area contributed by atoms with Gasteiger partial charge in [0.15, 0.2) is 0 Å². The molecule has 4 rings (SSSR count). The van der Waals surface area contributed by atoms with Gasteiger partial charge in [0.25, 0.3) is 0 Å². The normalized spacial score (nSPS) is 13.7. The summed E-state index contributed by atoms with van der Waals surface area (Å²) < 4.78 is 27.0. The van der Waals surface area contributed by atoms with Gasteiger partial charge in [-0.25, -0.2) is 13.8 Å². The lowest BCUT2D eigenvalue weighted by Gasteiger charge is -2.09. The molecule has 0 unspecified atom stereocenters. The number of rotatable bonds is 5. The number of hydrogen-bond acceptors (Lipinski definition) is 2. The minimum atomic E-state index is -0.621.